The molecule has 1 aliphatic heterocycles. The standard InChI is InChI=1S/C16H20FNO2/c1-8-9(2)19-10(3)14(8)15(18)13-7-11-5-4-6-12(17)16(11)20-13/h4-10,14-15H,18H2,1-3H3. The fourth-order valence-corrected chi connectivity index (χ4v) is 3.31. The number of ether oxygens (including phenoxy) is 1. The lowest BCUT2D eigenvalue weighted by molar-refractivity contribution is 0.0483. The number of rotatable bonds is 2. The minimum Gasteiger partial charge on any atom is -0.456 e. The molecule has 3 nitrogen and oxygen atoms in total. The molecule has 4 heteroatoms. The summed E-state index contributed by atoms with van der Waals surface area (Å²) in [6.07, 6.45) is 0.259. The van der Waals surface area contributed by atoms with Crippen molar-refractivity contribution in [2.45, 2.75) is 39.0 Å². The van der Waals surface area contributed by atoms with Crippen LogP contribution < -0.4 is 5.73 Å². The number of para-hydroxylation sites is 1. The first-order valence-electron chi connectivity index (χ1n) is 7.08. The molecule has 0 bridgehead atoms. The molecule has 5 unspecified atom stereocenters. The number of hydrogen-bond acceptors (Lipinski definition) is 3. The second-order valence-electron chi connectivity index (χ2n) is 5.82. The van der Waals surface area contributed by atoms with E-state index < -0.39 is 0 Å². The highest BCUT2D eigenvalue weighted by Crippen LogP contribution is 2.40. The summed E-state index contributed by atoms with van der Waals surface area (Å²) in [5.41, 5.74) is 6.64. The van der Waals surface area contributed by atoms with Gasteiger partial charge >= 0.3 is 0 Å². The fourth-order valence-electron chi connectivity index (χ4n) is 3.31. The molecule has 20 heavy (non-hydrogen) atoms. The Balaban J connectivity index is 1.96. The maximum atomic E-state index is 13.7. The predicted molar refractivity (Wildman–Crippen MR) is 75.8 cm³/mol. The first kappa shape index (κ1) is 13.6. The van der Waals surface area contributed by atoms with Gasteiger partial charge in [0.05, 0.1) is 18.2 Å². The summed E-state index contributed by atoms with van der Waals surface area (Å²) < 4.78 is 25.2. The van der Waals surface area contributed by atoms with Crippen molar-refractivity contribution < 1.29 is 13.5 Å². The molecular formula is C16H20FNO2. The summed E-state index contributed by atoms with van der Waals surface area (Å²) >= 11 is 0. The third-order valence-corrected chi connectivity index (χ3v) is 4.58. The maximum Gasteiger partial charge on any atom is 0.169 e. The van der Waals surface area contributed by atoms with Gasteiger partial charge in [-0.15, -0.1) is 0 Å². The lowest BCUT2D eigenvalue weighted by Crippen LogP contribution is -2.30. The predicted octanol–water partition coefficient (Wildman–Crippen LogP) is 3.63. The van der Waals surface area contributed by atoms with Gasteiger partial charge in [-0.05, 0) is 31.9 Å². The summed E-state index contributed by atoms with van der Waals surface area (Å²) in [7, 11) is 0. The van der Waals surface area contributed by atoms with Gasteiger partial charge in [0.2, 0.25) is 0 Å². The van der Waals surface area contributed by atoms with Crippen molar-refractivity contribution in [2.24, 2.45) is 17.6 Å². The molecule has 0 aliphatic carbocycles. The first-order chi connectivity index (χ1) is 9.49. The van der Waals surface area contributed by atoms with E-state index >= 15 is 0 Å². The van der Waals surface area contributed by atoms with Crippen molar-refractivity contribution in [3.63, 3.8) is 0 Å². The largest absolute Gasteiger partial charge is 0.456 e. The van der Waals surface area contributed by atoms with Crippen LogP contribution in [0.1, 0.15) is 32.6 Å². The van der Waals surface area contributed by atoms with Crippen LogP contribution in [0.15, 0.2) is 28.7 Å². The van der Waals surface area contributed by atoms with E-state index in [1.54, 1.807) is 6.07 Å². The van der Waals surface area contributed by atoms with Crippen LogP contribution in [0.3, 0.4) is 0 Å². The number of fused-ring (bicyclic) bond motifs is 1. The molecule has 1 aliphatic rings. The third-order valence-electron chi connectivity index (χ3n) is 4.58. The van der Waals surface area contributed by atoms with E-state index in [9.17, 15) is 4.39 Å². The number of nitrogens with two attached hydrogens (primary N) is 1. The van der Waals surface area contributed by atoms with Crippen LogP contribution in [-0.4, -0.2) is 12.2 Å². The minimum absolute atomic E-state index is 0.0769. The highest BCUT2D eigenvalue weighted by atomic mass is 19.1. The smallest absolute Gasteiger partial charge is 0.169 e. The molecule has 5 atom stereocenters. The summed E-state index contributed by atoms with van der Waals surface area (Å²) in [5.74, 6) is 0.802. The van der Waals surface area contributed by atoms with E-state index in [1.807, 2.05) is 19.1 Å². The monoisotopic (exact) mass is 277 g/mol. The second kappa shape index (κ2) is 4.86. The number of hydrogen-bond donors (Lipinski definition) is 1. The molecular weight excluding hydrogens is 257 g/mol. The molecule has 0 amide bonds. The van der Waals surface area contributed by atoms with Crippen molar-refractivity contribution in [2.75, 3.05) is 0 Å². The highest BCUT2D eigenvalue weighted by Gasteiger charge is 2.41. The summed E-state index contributed by atoms with van der Waals surface area (Å²) in [4.78, 5) is 0. The van der Waals surface area contributed by atoms with Crippen LogP contribution in [0.2, 0.25) is 0 Å². The SMILES string of the molecule is CC1OC(C)C(C(N)c2cc3cccc(F)c3o2)C1C. The Bertz CT molecular complexity index is 624. The fraction of sp³-hybridized carbons (Fsp3) is 0.500. The molecule has 3 rings (SSSR count). The van der Waals surface area contributed by atoms with Gasteiger partial charge in [0.1, 0.15) is 5.76 Å². The van der Waals surface area contributed by atoms with Crippen LogP contribution >= 0.6 is 0 Å². The van der Waals surface area contributed by atoms with Crippen LogP contribution in [0.5, 0.6) is 0 Å². The zero-order chi connectivity index (χ0) is 14.4. The maximum absolute atomic E-state index is 13.7. The van der Waals surface area contributed by atoms with E-state index in [0.717, 1.165) is 5.39 Å². The van der Waals surface area contributed by atoms with E-state index in [2.05, 4.69) is 13.8 Å². The van der Waals surface area contributed by atoms with Crippen LogP contribution in [0.25, 0.3) is 11.0 Å². The van der Waals surface area contributed by atoms with Gasteiger partial charge < -0.3 is 14.9 Å². The Kier molecular flexibility index (Phi) is 3.30. The molecule has 2 heterocycles. The van der Waals surface area contributed by atoms with E-state index in [4.69, 9.17) is 14.9 Å². The number of benzene rings is 1. The normalized spacial score (nSPS) is 31.9. The molecule has 2 aromatic rings. The van der Waals surface area contributed by atoms with Crippen LogP contribution in [0.4, 0.5) is 4.39 Å². The van der Waals surface area contributed by atoms with Gasteiger partial charge in [0, 0.05) is 11.3 Å². The summed E-state index contributed by atoms with van der Waals surface area (Å²) in [6.45, 7) is 6.24. The quantitative estimate of drug-likeness (QED) is 0.911. The second-order valence-corrected chi connectivity index (χ2v) is 5.82. The van der Waals surface area contributed by atoms with Gasteiger partial charge in [0.15, 0.2) is 11.4 Å². The molecule has 0 spiro atoms. The molecule has 2 N–H and O–H groups in total. The zero-order valence-electron chi connectivity index (χ0n) is 12.0. The van der Waals surface area contributed by atoms with E-state index in [-0.39, 0.29) is 35.6 Å². The van der Waals surface area contributed by atoms with Gasteiger partial charge in [-0.25, -0.2) is 4.39 Å². The van der Waals surface area contributed by atoms with E-state index in [0.29, 0.717) is 11.7 Å². The Morgan fingerprint density at radius 2 is 1.95 bits per heavy atom. The zero-order valence-corrected chi connectivity index (χ0v) is 12.0. The number of furan rings is 1. The Morgan fingerprint density at radius 1 is 1.20 bits per heavy atom. The average molecular weight is 277 g/mol. The Hall–Kier alpha value is -1.39. The molecule has 1 aromatic heterocycles. The van der Waals surface area contributed by atoms with Crippen molar-refractivity contribution in [1.82, 2.24) is 0 Å². The Labute approximate surface area is 117 Å². The molecule has 108 valence electrons. The topological polar surface area (TPSA) is 48.4 Å². The molecule has 1 fully saturated rings. The summed E-state index contributed by atoms with van der Waals surface area (Å²) in [5, 5.41) is 0.753. The number of halogens is 1. The average Bonchev–Trinajstić information content (AvgIpc) is 2.93. The van der Waals surface area contributed by atoms with Crippen molar-refractivity contribution in [1.29, 1.82) is 0 Å². The minimum atomic E-state index is -0.349. The molecule has 1 aromatic carbocycles. The molecule has 0 saturated carbocycles. The lowest BCUT2D eigenvalue weighted by atomic mass is 9.83. The van der Waals surface area contributed by atoms with Crippen LogP contribution in [0, 0.1) is 17.7 Å². The Morgan fingerprint density at radius 3 is 2.55 bits per heavy atom. The lowest BCUT2D eigenvalue weighted by Gasteiger charge is -2.23. The van der Waals surface area contributed by atoms with Crippen molar-refractivity contribution >= 4 is 11.0 Å². The molecule has 0 radical (unpaired) electrons. The van der Waals surface area contributed by atoms with Crippen molar-refractivity contribution in [3.05, 3.63) is 35.8 Å². The third kappa shape index (κ3) is 2.03. The highest BCUT2D eigenvalue weighted by molar-refractivity contribution is 5.78. The van der Waals surface area contributed by atoms with Gasteiger partial charge in [-0.2, -0.15) is 0 Å². The van der Waals surface area contributed by atoms with Crippen LogP contribution in [-0.2, 0) is 4.74 Å². The molecule has 1 saturated heterocycles. The van der Waals surface area contributed by atoms with Gasteiger partial charge in [0.25, 0.3) is 0 Å². The van der Waals surface area contributed by atoms with E-state index in [1.165, 1.54) is 6.07 Å². The van der Waals surface area contributed by atoms with Gasteiger partial charge in [-0.3, -0.25) is 0 Å². The van der Waals surface area contributed by atoms with Crippen molar-refractivity contribution in [3.8, 4) is 0 Å². The first-order valence-corrected chi connectivity index (χ1v) is 7.08. The van der Waals surface area contributed by atoms with Gasteiger partial charge in [-0.1, -0.05) is 19.1 Å². The summed E-state index contributed by atoms with van der Waals surface area (Å²) in [6, 6.07) is 6.46.